The second kappa shape index (κ2) is 7.85. The average molecular weight is 279 g/mol. The van der Waals surface area contributed by atoms with Crippen molar-refractivity contribution in [2.45, 2.75) is 62.4 Å². The summed E-state index contributed by atoms with van der Waals surface area (Å²) in [5.74, 6) is 0.876. The summed E-state index contributed by atoms with van der Waals surface area (Å²) in [6.45, 7) is 5.66. The Morgan fingerprint density at radius 1 is 1.26 bits per heavy atom. The molecular formula is C15H25N3S. The molecule has 0 aromatic carbocycles. The van der Waals surface area contributed by atoms with Crippen LogP contribution in [0.25, 0.3) is 0 Å². The van der Waals surface area contributed by atoms with Gasteiger partial charge < -0.3 is 5.32 Å². The van der Waals surface area contributed by atoms with Crippen molar-refractivity contribution >= 4 is 11.8 Å². The molecule has 3 atom stereocenters. The highest BCUT2D eigenvalue weighted by Crippen LogP contribution is 2.36. The maximum absolute atomic E-state index is 4.36. The minimum Gasteiger partial charge on any atom is -0.313 e. The highest BCUT2D eigenvalue weighted by molar-refractivity contribution is 7.99. The van der Waals surface area contributed by atoms with Crippen molar-refractivity contribution < 1.29 is 0 Å². The molecule has 4 heteroatoms. The highest BCUT2D eigenvalue weighted by atomic mass is 32.2. The van der Waals surface area contributed by atoms with E-state index in [-0.39, 0.29) is 0 Å². The van der Waals surface area contributed by atoms with Crippen molar-refractivity contribution in [1.82, 2.24) is 15.3 Å². The Morgan fingerprint density at radius 2 is 2.05 bits per heavy atom. The summed E-state index contributed by atoms with van der Waals surface area (Å²) < 4.78 is 0. The van der Waals surface area contributed by atoms with Crippen LogP contribution in [-0.4, -0.2) is 27.8 Å². The fourth-order valence-corrected chi connectivity index (χ4v) is 4.04. The molecule has 106 valence electrons. The highest BCUT2D eigenvalue weighted by Gasteiger charge is 2.30. The van der Waals surface area contributed by atoms with Crippen LogP contribution in [0.3, 0.4) is 0 Å². The first-order chi connectivity index (χ1) is 9.33. The quantitative estimate of drug-likeness (QED) is 0.809. The van der Waals surface area contributed by atoms with Crippen LogP contribution in [0.15, 0.2) is 23.6 Å². The lowest BCUT2D eigenvalue weighted by Crippen LogP contribution is -2.43. The predicted octanol–water partition coefficient (Wildman–Crippen LogP) is 3.52. The van der Waals surface area contributed by atoms with Gasteiger partial charge in [-0.3, -0.25) is 0 Å². The van der Waals surface area contributed by atoms with Gasteiger partial charge in [-0.05, 0) is 44.2 Å². The summed E-state index contributed by atoms with van der Waals surface area (Å²) in [4.78, 5) is 8.73. The minimum atomic E-state index is 0.618. The molecule has 1 fully saturated rings. The van der Waals surface area contributed by atoms with Gasteiger partial charge in [-0.15, -0.1) is 0 Å². The van der Waals surface area contributed by atoms with Crippen molar-refractivity contribution in [3.8, 4) is 0 Å². The molecule has 1 aliphatic rings. The summed E-state index contributed by atoms with van der Waals surface area (Å²) >= 11 is 1.86. The van der Waals surface area contributed by atoms with Crippen molar-refractivity contribution in [2.75, 3.05) is 6.54 Å². The van der Waals surface area contributed by atoms with E-state index in [1.807, 2.05) is 30.2 Å². The van der Waals surface area contributed by atoms with Crippen LogP contribution in [0.1, 0.15) is 46.0 Å². The number of nitrogens with one attached hydrogen (secondary N) is 1. The third kappa shape index (κ3) is 4.46. The lowest BCUT2D eigenvalue weighted by molar-refractivity contribution is 0.295. The Morgan fingerprint density at radius 3 is 2.74 bits per heavy atom. The molecule has 0 saturated heterocycles. The molecular weight excluding hydrogens is 254 g/mol. The van der Waals surface area contributed by atoms with E-state index >= 15 is 0 Å². The van der Waals surface area contributed by atoms with Crippen LogP contribution in [-0.2, 0) is 0 Å². The number of hydrogen-bond acceptors (Lipinski definition) is 4. The molecule has 1 aromatic heterocycles. The van der Waals surface area contributed by atoms with Crippen LogP contribution in [0.4, 0.5) is 0 Å². The van der Waals surface area contributed by atoms with Gasteiger partial charge in [0.15, 0.2) is 5.16 Å². The summed E-state index contributed by atoms with van der Waals surface area (Å²) in [5, 5.41) is 5.25. The van der Waals surface area contributed by atoms with E-state index in [0.717, 1.165) is 17.6 Å². The number of aromatic nitrogens is 2. The van der Waals surface area contributed by atoms with E-state index in [1.54, 1.807) is 0 Å². The number of nitrogens with zero attached hydrogens (tertiary/aromatic N) is 2. The smallest absolute Gasteiger partial charge is 0.187 e. The molecule has 3 nitrogen and oxygen atoms in total. The Kier molecular flexibility index (Phi) is 6.11. The van der Waals surface area contributed by atoms with Crippen molar-refractivity contribution in [3.63, 3.8) is 0 Å². The van der Waals surface area contributed by atoms with E-state index in [4.69, 9.17) is 0 Å². The molecule has 0 amide bonds. The molecule has 0 bridgehead atoms. The maximum Gasteiger partial charge on any atom is 0.187 e. The van der Waals surface area contributed by atoms with Gasteiger partial charge >= 0.3 is 0 Å². The van der Waals surface area contributed by atoms with E-state index < -0.39 is 0 Å². The molecule has 1 aromatic rings. The molecule has 2 rings (SSSR count). The standard InChI is InChI=1S/C15H25N3S/c1-3-8-16-13-7-6-12(4-2)11-14(13)19-15-17-9-5-10-18-15/h5,9-10,12-14,16H,3-4,6-8,11H2,1-2H3. The fourth-order valence-electron chi connectivity index (χ4n) is 2.76. The van der Waals surface area contributed by atoms with Crippen molar-refractivity contribution in [1.29, 1.82) is 0 Å². The van der Waals surface area contributed by atoms with Gasteiger partial charge in [-0.25, -0.2) is 9.97 Å². The van der Waals surface area contributed by atoms with E-state index in [9.17, 15) is 0 Å². The van der Waals surface area contributed by atoms with Gasteiger partial charge in [0.25, 0.3) is 0 Å². The largest absolute Gasteiger partial charge is 0.313 e. The Labute approximate surface area is 121 Å². The number of thioether (sulfide) groups is 1. The van der Waals surface area contributed by atoms with Gasteiger partial charge in [0, 0.05) is 23.7 Å². The van der Waals surface area contributed by atoms with Crippen molar-refractivity contribution in [2.24, 2.45) is 5.92 Å². The molecule has 3 unspecified atom stereocenters. The predicted molar refractivity (Wildman–Crippen MR) is 81.4 cm³/mol. The zero-order chi connectivity index (χ0) is 13.5. The van der Waals surface area contributed by atoms with Gasteiger partial charge in [0.1, 0.15) is 0 Å². The Balaban J connectivity index is 1.98. The third-order valence-electron chi connectivity index (χ3n) is 3.93. The SMILES string of the molecule is CCCNC1CCC(CC)CC1Sc1ncccn1. The summed E-state index contributed by atoms with van der Waals surface area (Å²) in [7, 11) is 0. The monoisotopic (exact) mass is 279 g/mol. The van der Waals surface area contributed by atoms with Crippen LogP contribution in [0.5, 0.6) is 0 Å². The second-order valence-electron chi connectivity index (χ2n) is 5.34. The molecule has 0 aliphatic heterocycles. The van der Waals surface area contributed by atoms with Crippen LogP contribution in [0, 0.1) is 5.92 Å². The first-order valence-corrected chi connectivity index (χ1v) is 8.38. The van der Waals surface area contributed by atoms with Gasteiger partial charge in [0.2, 0.25) is 0 Å². The molecule has 1 heterocycles. The van der Waals surface area contributed by atoms with Crippen LogP contribution in [0.2, 0.25) is 0 Å². The van der Waals surface area contributed by atoms with Gasteiger partial charge in [0.05, 0.1) is 0 Å². The number of rotatable bonds is 6. The second-order valence-corrected chi connectivity index (χ2v) is 6.54. The molecule has 1 aliphatic carbocycles. The zero-order valence-electron chi connectivity index (χ0n) is 12.0. The molecule has 1 saturated carbocycles. The fraction of sp³-hybridized carbons (Fsp3) is 0.733. The van der Waals surface area contributed by atoms with Crippen molar-refractivity contribution in [3.05, 3.63) is 18.5 Å². The first kappa shape index (κ1) is 14.8. The molecule has 1 N–H and O–H groups in total. The van der Waals surface area contributed by atoms with E-state index in [0.29, 0.717) is 11.3 Å². The van der Waals surface area contributed by atoms with E-state index in [2.05, 4.69) is 29.1 Å². The topological polar surface area (TPSA) is 37.8 Å². The zero-order valence-corrected chi connectivity index (χ0v) is 12.8. The Bertz CT molecular complexity index is 358. The molecule has 19 heavy (non-hydrogen) atoms. The van der Waals surface area contributed by atoms with Crippen LogP contribution < -0.4 is 5.32 Å². The first-order valence-electron chi connectivity index (χ1n) is 7.50. The van der Waals surface area contributed by atoms with E-state index in [1.165, 1.54) is 32.1 Å². The van der Waals surface area contributed by atoms with Gasteiger partial charge in [-0.1, -0.05) is 32.0 Å². The van der Waals surface area contributed by atoms with Gasteiger partial charge in [-0.2, -0.15) is 0 Å². The molecule has 0 radical (unpaired) electrons. The summed E-state index contributed by atoms with van der Waals surface area (Å²) in [6, 6.07) is 2.50. The normalized spacial score (nSPS) is 27.4. The Hall–Kier alpha value is -0.610. The summed E-state index contributed by atoms with van der Waals surface area (Å²) in [6.07, 6.45) is 10.1. The number of hydrogen-bond donors (Lipinski definition) is 1. The third-order valence-corrected chi connectivity index (χ3v) is 5.18. The van der Waals surface area contributed by atoms with Crippen LogP contribution >= 0.6 is 11.8 Å². The average Bonchev–Trinajstić information content (AvgIpc) is 2.47. The maximum atomic E-state index is 4.36. The summed E-state index contributed by atoms with van der Waals surface area (Å²) in [5.41, 5.74) is 0. The lowest BCUT2D eigenvalue weighted by Gasteiger charge is -2.35. The lowest BCUT2D eigenvalue weighted by atomic mass is 9.84. The minimum absolute atomic E-state index is 0.618. The molecule has 0 spiro atoms.